The molecule has 0 aliphatic rings. The number of fused-ring (bicyclic) bond motifs is 1. The van der Waals surface area contributed by atoms with Gasteiger partial charge in [-0.05, 0) is 17.9 Å². The summed E-state index contributed by atoms with van der Waals surface area (Å²) in [7, 11) is 0. The molecule has 0 amide bonds. The minimum atomic E-state index is 0.161. The molecular weight excluding hydrogens is 242 g/mol. The minimum absolute atomic E-state index is 0.161. The fourth-order valence-corrected chi connectivity index (χ4v) is 2.58. The van der Waals surface area contributed by atoms with Gasteiger partial charge in [0.25, 0.3) is 0 Å². The summed E-state index contributed by atoms with van der Waals surface area (Å²) < 4.78 is 0. The van der Waals surface area contributed by atoms with E-state index in [0.717, 1.165) is 35.4 Å². The van der Waals surface area contributed by atoms with E-state index in [4.69, 9.17) is 11.6 Å². The van der Waals surface area contributed by atoms with E-state index >= 15 is 0 Å². The minimum Gasteiger partial charge on any atom is -0.368 e. The summed E-state index contributed by atoms with van der Waals surface area (Å²) in [5, 5.41) is 6.54. The quantitative estimate of drug-likeness (QED) is 0.831. The molecular formula is C11H14ClN3S. The molecule has 0 aromatic carbocycles. The number of halogens is 1. The lowest BCUT2D eigenvalue weighted by Gasteiger charge is -2.10. The van der Waals surface area contributed by atoms with Crippen LogP contribution in [0.25, 0.3) is 10.2 Å². The number of hydrogen-bond donors (Lipinski definition) is 1. The van der Waals surface area contributed by atoms with Crippen LogP contribution < -0.4 is 5.32 Å². The van der Waals surface area contributed by atoms with Crippen LogP contribution in [0.3, 0.4) is 0 Å². The Morgan fingerprint density at radius 2 is 2.38 bits per heavy atom. The third-order valence-electron chi connectivity index (χ3n) is 2.35. The lowest BCUT2D eigenvalue weighted by atomic mass is 10.2. The molecule has 3 nitrogen and oxygen atoms in total. The van der Waals surface area contributed by atoms with Gasteiger partial charge in [-0.2, -0.15) is 0 Å². The van der Waals surface area contributed by atoms with E-state index in [0.29, 0.717) is 0 Å². The molecule has 1 atom stereocenters. The molecule has 0 saturated carbocycles. The van der Waals surface area contributed by atoms with Crippen LogP contribution in [-0.2, 0) is 0 Å². The first-order valence-electron chi connectivity index (χ1n) is 5.37. The number of alkyl halides is 1. The van der Waals surface area contributed by atoms with Crippen molar-refractivity contribution in [3.63, 3.8) is 0 Å². The van der Waals surface area contributed by atoms with Crippen LogP contribution in [-0.4, -0.2) is 21.9 Å². The highest BCUT2D eigenvalue weighted by Gasteiger charge is 2.07. The summed E-state index contributed by atoms with van der Waals surface area (Å²) in [6.45, 7) is 2.88. The monoisotopic (exact) mass is 255 g/mol. The summed E-state index contributed by atoms with van der Waals surface area (Å²) in [6.07, 6.45) is 3.71. The fraction of sp³-hybridized carbons (Fsp3) is 0.455. The number of rotatable bonds is 5. The van der Waals surface area contributed by atoms with Crippen molar-refractivity contribution in [3.8, 4) is 0 Å². The van der Waals surface area contributed by atoms with Crippen molar-refractivity contribution < 1.29 is 0 Å². The summed E-state index contributed by atoms with van der Waals surface area (Å²) in [4.78, 5) is 9.45. The second-order valence-corrected chi connectivity index (χ2v) is 5.14. The Bertz CT molecular complexity index is 457. The van der Waals surface area contributed by atoms with E-state index in [-0.39, 0.29) is 5.38 Å². The fourth-order valence-electron chi connectivity index (χ4n) is 1.55. The third-order valence-corrected chi connectivity index (χ3v) is 3.55. The molecule has 0 fully saturated rings. The molecule has 0 spiro atoms. The summed E-state index contributed by atoms with van der Waals surface area (Å²) >= 11 is 7.77. The molecule has 86 valence electrons. The van der Waals surface area contributed by atoms with Gasteiger partial charge in [-0.25, -0.2) is 9.97 Å². The second kappa shape index (κ2) is 5.46. The Morgan fingerprint density at radius 3 is 3.19 bits per heavy atom. The van der Waals surface area contributed by atoms with Gasteiger partial charge in [-0.3, -0.25) is 0 Å². The van der Waals surface area contributed by atoms with Crippen LogP contribution in [0.15, 0.2) is 17.8 Å². The van der Waals surface area contributed by atoms with Gasteiger partial charge in [0.2, 0.25) is 0 Å². The first-order valence-corrected chi connectivity index (χ1v) is 6.69. The van der Waals surface area contributed by atoms with Crippen LogP contribution in [0.1, 0.15) is 19.8 Å². The molecule has 0 bridgehead atoms. The Kier molecular flexibility index (Phi) is 3.96. The van der Waals surface area contributed by atoms with Crippen LogP contribution in [0.5, 0.6) is 0 Å². The number of hydrogen-bond acceptors (Lipinski definition) is 4. The maximum Gasteiger partial charge on any atom is 0.138 e. The molecule has 1 unspecified atom stereocenters. The van der Waals surface area contributed by atoms with E-state index in [2.05, 4.69) is 22.2 Å². The van der Waals surface area contributed by atoms with Crippen molar-refractivity contribution in [1.82, 2.24) is 9.97 Å². The van der Waals surface area contributed by atoms with Crippen molar-refractivity contribution in [2.75, 3.05) is 11.9 Å². The van der Waals surface area contributed by atoms with Crippen molar-refractivity contribution in [1.29, 1.82) is 0 Å². The van der Waals surface area contributed by atoms with E-state index in [1.165, 1.54) is 0 Å². The topological polar surface area (TPSA) is 37.8 Å². The highest BCUT2D eigenvalue weighted by atomic mass is 35.5. The Morgan fingerprint density at radius 1 is 1.50 bits per heavy atom. The number of aromatic nitrogens is 2. The zero-order valence-corrected chi connectivity index (χ0v) is 10.7. The number of nitrogens with zero attached hydrogens (tertiary/aromatic N) is 2. The number of anilines is 1. The summed E-state index contributed by atoms with van der Waals surface area (Å²) in [5.41, 5.74) is 0. The molecule has 2 aromatic rings. The van der Waals surface area contributed by atoms with Gasteiger partial charge in [-0.15, -0.1) is 22.9 Å². The lowest BCUT2D eigenvalue weighted by Crippen LogP contribution is -2.14. The highest BCUT2D eigenvalue weighted by Crippen LogP contribution is 2.23. The molecule has 1 N–H and O–H groups in total. The van der Waals surface area contributed by atoms with Gasteiger partial charge < -0.3 is 5.32 Å². The van der Waals surface area contributed by atoms with Crippen molar-refractivity contribution in [3.05, 3.63) is 17.8 Å². The van der Waals surface area contributed by atoms with Crippen molar-refractivity contribution in [2.45, 2.75) is 25.1 Å². The summed E-state index contributed by atoms with van der Waals surface area (Å²) in [5.74, 6) is 0.882. The van der Waals surface area contributed by atoms with Crippen LogP contribution >= 0.6 is 22.9 Å². The second-order valence-electron chi connectivity index (χ2n) is 3.63. The first kappa shape index (κ1) is 11.6. The van der Waals surface area contributed by atoms with Crippen LogP contribution in [0, 0.1) is 0 Å². The molecule has 5 heteroatoms. The predicted octanol–water partition coefficient (Wildman–Crippen LogP) is 3.51. The average molecular weight is 256 g/mol. The molecule has 16 heavy (non-hydrogen) atoms. The molecule has 2 aromatic heterocycles. The predicted molar refractivity (Wildman–Crippen MR) is 70.5 cm³/mol. The zero-order chi connectivity index (χ0) is 11.4. The molecule has 2 rings (SSSR count). The van der Waals surface area contributed by atoms with E-state index in [1.54, 1.807) is 17.7 Å². The van der Waals surface area contributed by atoms with Gasteiger partial charge in [0.1, 0.15) is 17.0 Å². The zero-order valence-electron chi connectivity index (χ0n) is 9.11. The first-order chi connectivity index (χ1) is 7.81. The lowest BCUT2D eigenvalue weighted by molar-refractivity contribution is 0.751. The molecule has 0 radical (unpaired) electrons. The van der Waals surface area contributed by atoms with Gasteiger partial charge in [0.05, 0.1) is 10.8 Å². The Labute approximate surface area is 104 Å². The SMILES string of the molecule is CCCC(Cl)CNc1ncnc2sccc12. The molecule has 0 aliphatic heterocycles. The van der Waals surface area contributed by atoms with E-state index in [9.17, 15) is 0 Å². The van der Waals surface area contributed by atoms with Gasteiger partial charge in [-0.1, -0.05) is 13.3 Å². The Hall–Kier alpha value is -0.870. The van der Waals surface area contributed by atoms with Crippen LogP contribution in [0.2, 0.25) is 0 Å². The van der Waals surface area contributed by atoms with E-state index < -0.39 is 0 Å². The number of thiophene rings is 1. The standard InChI is InChI=1S/C11H14ClN3S/c1-2-3-8(12)6-13-10-9-4-5-16-11(9)15-7-14-10/h4-5,7-8H,2-3,6H2,1H3,(H,13,14,15). The van der Waals surface area contributed by atoms with Gasteiger partial charge in [0, 0.05) is 6.54 Å². The van der Waals surface area contributed by atoms with Gasteiger partial charge in [0.15, 0.2) is 0 Å². The van der Waals surface area contributed by atoms with Crippen molar-refractivity contribution in [2.24, 2.45) is 0 Å². The maximum atomic E-state index is 6.15. The third kappa shape index (κ3) is 2.62. The normalized spacial score (nSPS) is 12.9. The van der Waals surface area contributed by atoms with E-state index in [1.807, 2.05) is 11.4 Å². The molecule has 0 saturated heterocycles. The van der Waals surface area contributed by atoms with Gasteiger partial charge >= 0.3 is 0 Å². The largest absolute Gasteiger partial charge is 0.368 e. The molecule has 2 heterocycles. The number of nitrogens with one attached hydrogen (secondary N) is 1. The molecule has 0 aliphatic carbocycles. The highest BCUT2D eigenvalue weighted by molar-refractivity contribution is 7.16. The van der Waals surface area contributed by atoms with Crippen molar-refractivity contribution >= 4 is 39.0 Å². The smallest absolute Gasteiger partial charge is 0.138 e. The Balaban J connectivity index is 2.06. The summed E-state index contributed by atoms with van der Waals surface area (Å²) in [6, 6.07) is 2.03. The average Bonchev–Trinajstić information content (AvgIpc) is 2.75. The van der Waals surface area contributed by atoms with Crippen LogP contribution in [0.4, 0.5) is 5.82 Å². The maximum absolute atomic E-state index is 6.15.